The van der Waals surface area contributed by atoms with Crippen molar-refractivity contribution in [2.24, 2.45) is 0 Å². The molecular weight excluding hydrogens is 344 g/mol. The van der Waals surface area contributed by atoms with Gasteiger partial charge in [-0.3, -0.25) is 4.98 Å². The van der Waals surface area contributed by atoms with Crippen LogP contribution in [0.1, 0.15) is 5.69 Å². The highest BCUT2D eigenvalue weighted by atomic mass is 79.9. The Hall–Kier alpha value is -2.22. The van der Waals surface area contributed by atoms with Gasteiger partial charge in [0.15, 0.2) is 5.65 Å². The molecule has 5 nitrogen and oxygen atoms in total. The topological polar surface area (TPSA) is 63.6 Å². The van der Waals surface area contributed by atoms with Crippen LogP contribution in [0, 0.1) is 11.6 Å². The fourth-order valence-corrected chi connectivity index (χ4v) is 2.13. The molecule has 0 saturated heterocycles. The first kappa shape index (κ1) is 13.7. The molecular formula is C13H8BrF2N5. The monoisotopic (exact) mass is 351 g/mol. The molecule has 1 N–H and O–H groups in total. The lowest BCUT2D eigenvalue weighted by molar-refractivity contribution is 0.560. The Kier molecular flexibility index (Phi) is 3.70. The second-order valence-electron chi connectivity index (χ2n) is 4.18. The van der Waals surface area contributed by atoms with E-state index in [0.29, 0.717) is 16.9 Å². The van der Waals surface area contributed by atoms with Crippen molar-refractivity contribution in [3.8, 4) is 0 Å². The molecule has 0 aliphatic rings. The summed E-state index contributed by atoms with van der Waals surface area (Å²) in [5.74, 6) is -0.920. The van der Waals surface area contributed by atoms with Crippen LogP contribution in [0.5, 0.6) is 0 Å². The molecule has 0 amide bonds. The Morgan fingerprint density at radius 2 is 1.90 bits per heavy atom. The van der Waals surface area contributed by atoms with Crippen molar-refractivity contribution in [3.63, 3.8) is 0 Å². The first-order chi connectivity index (χ1) is 10.1. The highest BCUT2D eigenvalue weighted by Gasteiger charge is 2.08. The lowest BCUT2D eigenvalue weighted by atomic mass is 10.3. The minimum atomic E-state index is -0.711. The predicted molar refractivity (Wildman–Crippen MR) is 76.5 cm³/mol. The number of rotatable bonds is 3. The second kappa shape index (κ2) is 5.65. The Labute approximate surface area is 126 Å². The standard InChI is InChI=1S/C13H8BrF2N5/c14-7-1-9-12(18-3-7)20-6-21-13(9)19-5-11-10(16)2-8(15)4-17-11/h1-4,6H,5H2,(H,18,19,20,21). The van der Waals surface area contributed by atoms with Crippen molar-refractivity contribution in [1.29, 1.82) is 0 Å². The molecule has 3 aromatic heterocycles. The summed E-state index contributed by atoms with van der Waals surface area (Å²) in [4.78, 5) is 16.0. The number of fused-ring (bicyclic) bond motifs is 1. The normalized spacial score (nSPS) is 10.8. The van der Waals surface area contributed by atoms with Crippen LogP contribution in [0.2, 0.25) is 0 Å². The van der Waals surface area contributed by atoms with Crippen molar-refractivity contribution in [2.75, 3.05) is 5.32 Å². The molecule has 0 aliphatic carbocycles. The summed E-state index contributed by atoms with van der Waals surface area (Å²) in [6, 6.07) is 2.60. The lowest BCUT2D eigenvalue weighted by Gasteiger charge is -2.08. The lowest BCUT2D eigenvalue weighted by Crippen LogP contribution is -2.07. The van der Waals surface area contributed by atoms with Gasteiger partial charge in [-0.2, -0.15) is 0 Å². The summed E-state index contributed by atoms with van der Waals surface area (Å²) in [6.45, 7) is 0.0741. The van der Waals surface area contributed by atoms with Crippen LogP contribution >= 0.6 is 15.9 Å². The minimum Gasteiger partial charge on any atom is -0.364 e. The molecule has 0 saturated carbocycles. The number of nitrogens with one attached hydrogen (secondary N) is 1. The van der Waals surface area contributed by atoms with Gasteiger partial charge >= 0.3 is 0 Å². The third-order valence-electron chi connectivity index (χ3n) is 2.76. The number of hydrogen-bond acceptors (Lipinski definition) is 5. The molecule has 0 bridgehead atoms. The van der Waals surface area contributed by atoms with E-state index in [9.17, 15) is 8.78 Å². The van der Waals surface area contributed by atoms with Gasteiger partial charge in [-0.1, -0.05) is 0 Å². The van der Waals surface area contributed by atoms with Crippen LogP contribution < -0.4 is 5.32 Å². The Morgan fingerprint density at radius 1 is 1.05 bits per heavy atom. The second-order valence-corrected chi connectivity index (χ2v) is 5.10. The number of hydrogen-bond donors (Lipinski definition) is 1. The molecule has 106 valence electrons. The first-order valence-corrected chi connectivity index (χ1v) is 6.73. The molecule has 0 atom stereocenters. The van der Waals surface area contributed by atoms with Gasteiger partial charge in [-0.25, -0.2) is 23.7 Å². The fraction of sp³-hybridized carbons (Fsp3) is 0.0769. The number of aromatic nitrogens is 4. The fourth-order valence-electron chi connectivity index (χ4n) is 1.80. The average molecular weight is 352 g/mol. The zero-order chi connectivity index (χ0) is 14.8. The summed E-state index contributed by atoms with van der Waals surface area (Å²) in [5.41, 5.74) is 0.620. The van der Waals surface area contributed by atoms with Crippen molar-refractivity contribution in [3.05, 3.63) is 52.7 Å². The SMILES string of the molecule is Fc1cnc(CNc2ncnc3ncc(Br)cc23)c(F)c1. The highest BCUT2D eigenvalue weighted by Crippen LogP contribution is 2.21. The maximum Gasteiger partial charge on any atom is 0.164 e. The van der Waals surface area contributed by atoms with Crippen LogP contribution in [0.15, 0.2) is 35.3 Å². The number of anilines is 1. The summed E-state index contributed by atoms with van der Waals surface area (Å²) >= 11 is 3.32. The van der Waals surface area contributed by atoms with Gasteiger partial charge in [-0.15, -0.1) is 0 Å². The molecule has 3 rings (SSSR count). The number of pyridine rings is 2. The van der Waals surface area contributed by atoms with Gasteiger partial charge in [-0.05, 0) is 22.0 Å². The predicted octanol–water partition coefficient (Wildman–Crippen LogP) is 3.07. The molecule has 0 spiro atoms. The third-order valence-corrected chi connectivity index (χ3v) is 3.20. The molecule has 21 heavy (non-hydrogen) atoms. The molecule has 3 heterocycles. The van der Waals surface area contributed by atoms with E-state index in [1.807, 2.05) is 0 Å². The molecule has 8 heteroatoms. The van der Waals surface area contributed by atoms with Crippen LogP contribution in [0.25, 0.3) is 11.0 Å². The van der Waals surface area contributed by atoms with Crippen LogP contribution in [0.4, 0.5) is 14.6 Å². The van der Waals surface area contributed by atoms with Gasteiger partial charge in [0.05, 0.1) is 23.8 Å². The molecule has 0 radical (unpaired) electrons. The molecule has 0 fully saturated rings. The van der Waals surface area contributed by atoms with Gasteiger partial charge < -0.3 is 5.32 Å². The number of halogens is 3. The smallest absolute Gasteiger partial charge is 0.164 e. The molecule has 0 aliphatic heterocycles. The van der Waals surface area contributed by atoms with Crippen molar-refractivity contribution in [1.82, 2.24) is 19.9 Å². The highest BCUT2D eigenvalue weighted by molar-refractivity contribution is 9.10. The minimum absolute atomic E-state index is 0.0741. The quantitative estimate of drug-likeness (QED) is 0.785. The maximum atomic E-state index is 13.5. The summed E-state index contributed by atoms with van der Waals surface area (Å²) in [6.07, 6.45) is 3.96. The van der Waals surface area contributed by atoms with E-state index in [1.165, 1.54) is 6.33 Å². The van der Waals surface area contributed by atoms with E-state index in [1.54, 1.807) is 12.3 Å². The van der Waals surface area contributed by atoms with Crippen molar-refractivity contribution in [2.45, 2.75) is 6.54 Å². The maximum absolute atomic E-state index is 13.5. The van der Waals surface area contributed by atoms with Gasteiger partial charge in [0.1, 0.15) is 23.8 Å². The first-order valence-electron chi connectivity index (χ1n) is 5.93. The zero-order valence-corrected chi connectivity index (χ0v) is 12.1. The summed E-state index contributed by atoms with van der Waals surface area (Å²) in [5, 5.41) is 3.64. The third kappa shape index (κ3) is 2.94. The van der Waals surface area contributed by atoms with E-state index in [0.717, 1.165) is 16.7 Å². The van der Waals surface area contributed by atoms with Gasteiger partial charge in [0.2, 0.25) is 0 Å². The summed E-state index contributed by atoms with van der Waals surface area (Å²) < 4.78 is 27.1. The molecule has 0 aromatic carbocycles. The van der Waals surface area contributed by atoms with E-state index < -0.39 is 11.6 Å². The van der Waals surface area contributed by atoms with Crippen LogP contribution in [-0.4, -0.2) is 19.9 Å². The van der Waals surface area contributed by atoms with Gasteiger partial charge in [0, 0.05) is 16.7 Å². The Morgan fingerprint density at radius 3 is 2.71 bits per heavy atom. The number of nitrogens with zero attached hydrogens (tertiary/aromatic N) is 4. The van der Waals surface area contributed by atoms with Crippen LogP contribution in [0.3, 0.4) is 0 Å². The van der Waals surface area contributed by atoms with Gasteiger partial charge in [0.25, 0.3) is 0 Å². The van der Waals surface area contributed by atoms with Crippen LogP contribution in [-0.2, 0) is 6.54 Å². The Bertz CT molecular complexity index is 812. The van der Waals surface area contributed by atoms with E-state index in [4.69, 9.17) is 0 Å². The largest absolute Gasteiger partial charge is 0.364 e. The van der Waals surface area contributed by atoms with E-state index >= 15 is 0 Å². The van der Waals surface area contributed by atoms with Crippen molar-refractivity contribution >= 4 is 32.8 Å². The molecule has 0 unspecified atom stereocenters. The average Bonchev–Trinajstić information content (AvgIpc) is 2.46. The molecule has 3 aromatic rings. The van der Waals surface area contributed by atoms with E-state index in [-0.39, 0.29) is 12.2 Å². The zero-order valence-electron chi connectivity index (χ0n) is 10.5. The summed E-state index contributed by atoms with van der Waals surface area (Å²) in [7, 11) is 0. The van der Waals surface area contributed by atoms with Crippen molar-refractivity contribution < 1.29 is 8.78 Å². The van der Waals surface area contributed by atoms with E-state index in [2.05, 4.69) is 41.2 Å². The Balaban J connectivity index is 1.90.